The second-order valence-electron chi connectivity index (χ2n) is 10.8. The monoisotopic (exact) mass is 634 g/mol. The molecule has 0 aliphatic carbocycles. The number of fused-ring (bicyclic) bond motifs is 4. The molecule has 0 fully saturated rings. The van der Waals surface area contributed by atoms with Crippen molar-refractivity contribution < 1.29 is 45.4 Å². The summed E-state index contributed by atoms with van der Waals surface area (Å²) >= 11 is 0. The quantitative estimate of drug-likeness (QED) is 0.108. The summed E-state index contributed by atoms with van der Waals surface area (Å²) in [5.74, 6) is -2.22. The first kappa shape index (κ1) is 30.9. The summed E-state index contributed by atoms with van der Waals surface area (Å²) in [5.41, 5.74) is 0.451. The highest BCUT2D eigenvalue weighted by molar-refractivity contribution is 6.25. The number of rotatable bonds is 5. The van der Waals surface area contributed by atoms with E-state index in [1.165, 1.54) is 24.3 Å². The Hall–Kier alpha value is -5.12. The van der Waals surface area contributed by atoms with Crippen molar-refractivity contribution in [2.24, 2.45) is 0 Å². The molecule has 46 heavy (non-hydrogen) atoms. The summed E-state index contributed by atoms with van der Waals surface area (Å²) in [7, 11) is 0. The molecular formula is C36H24F6O4. The highest BCUT2D eigenvalue weighted by Gasteiger charge is 2.47. The Morgan fingerprint density at radius 1 is 0.457 bits per heavy atom. The summed E-state index contributed by atoms with van der Waals surface area (Å²) in [6.45, 7) is 1.81. The SMILES string of the molecule is CC(=O)OC(c1c2ccccc2c(-c2c3ccccc3c(C(OC(C)=O)C(F)(F)F)c3ccccc23)c2ccccc12)C(F)(F)F. The van der Waals surface area contributed by atoms with Crippen LogP contribution in [-0.4, -0.2) is 24.3 Å². The first-order valence-corrected chi connectivity index (χ1v) is 14.1. The molecule has 6 aromatic carbocycles. The number of hydrogen-bond acceptors (Lipinski definition) is 4. The van der Waals surface area contributed by atoms with Crippen LogP contribution in [0, 0.1) is 0 Å². The van der Waals surface area contributed by atoms with E-state index in [0.29, 0.717) is 32.7 Å². The van der Waals surface area contributed by atoms with Crippen LogP contribution in [0.15, 0.2) is 97.1 Å². The maximum absolute atomic E-state index is 14.6. The van der Waals surface area contributed by atoms with Gasteiger partial charge in [-0.15, -0.1) is 0 Å². The van der Waals surface area contributed by atoms with Gasteiger partial charge in [-0.2, -0.15) is 26.3 Å². The third-order valence-corrected chi connectivity index (χ3v) is 7.88. The van der Waals surface area contributed by atoms with E-state index in [1.807, 2.05) is 0 Å². The summed E-state index contributed by atoms with van der Waals surface area (Å²) < 4.78 is 97.2. The van der Waals surface area contributed by atoms with Gasteiger partial charge in [-0.25, -0.2) is 0 Å². The number of carbonyl (C=O) groups is 2. The van der Waals surface area contributed by atoms with E-state index >= 15 is 0 Å². The number of carbonyl (C=O) groups excluding carboxylic acids is 2. The average molecular weight is 635 g/mol. The second-order valence-corrected chi connectivity index (χ2v) is 10.8. The second kappa shape index (κ2) is 11.3. The molecule has 0 saturated carbocycles. The van der Waals surface area contributed by atoms with Crippen LogP contribution in [0.25, 0.3) is 54.2 Å². The molecule has 0 amide bonds. The van der Waals surface area contributed by atoms with Gasteiger partial charge in [0.1, 0.15) is 0 Å². The summed E-state index contributed by atoms with van der Waals surface area (Å²) in [6, 6.07) is 25.4. The molecule has 0 heterocycles. The molecular weight excluding hydrogens is 610 g/mol. The van der Waals surface area contributed by atoms with Crippen molar-refractivity contribution in [3.63, 3.8) is 0 Å². The van der Waals surface area contributed by atoms with Crippen LogP contribution < -0.4 is 0 Å². The van der Waals surface area contributed by atoms with Gasteiger partial charge in [-0.05, 0) is 54.2 Å². The molecule has 0 aromatic heterocycles. The van der Waals surface area contributed by atoms with E-state index < -0.39 is 36.5 Å². The van der Waals surface area contributed by atoms with Gasteiger partial charge in [0.2, 0.25) is 12.2 Å². The van der Waals surface area contributed by atoms with Crippen molar-refractivity contribution in [2.45, 2.75) is 38.4 Å². The Morgan fingerprint density at radius 3 is 0.870 bits per heavy atom. The third kappa shape index (κ3) is 5.27. The molecule has 10 heteroatoms. The number of benzene rings is 6. The Labute approximate surface area is 258 Å². The molecule has 234 valence electrons. The zero-order valence-electron chi connectivity index (χ0n) is 24.3. The molecule has 0 spiro atoms. The number of halogens is 6. The summed E-state index contributed by atoms with van der Waals surface area (Å²) in [6.07, 6.45) is -15.1. The fourth-order valence-corrected chi connectivity index (χ4v) is 6.34. The van der Waals surface area contributed by atoms with Crippen molar-refractivity contribution in [3.05, 3.63) is 108 Å². The fourth-order valence-electron chi connectivity index (χ4n) is 6.34. The average Bonchev–Trinajstić information content (AvgIpc) is 3.00. The van der Waals surface area contributed by atoms with Crippen LogP contribution in [0.1, 0.15) is 37.2 Å². The van der Waals surface area contributed by atoms with E-state index in [2.05, 4.69) is 0 Å². The van der Waals surface area contributed by atoms with Gasteiger partial charge in [0.15, 0.2) is 0 Å². The minimum atomic E-state index is -4.96. The normalized spacial score (nSPS) is 13.7. The van der Waals surface area contributed by atoms with Crippen LogP contribution in [0.3, 0.4) is 0 Å². The Morgan fingerprint density at radius 2 is 0.674 bits per heavy atom. The Bertz CT molecular complexity index is 1900. The molecule has 2 atom stereocenters. The predicted molar refractivity (Wildman–Crippen MR) is 163 cm³/mol. The van der Waals surface area contributed by atoms with E-state index in [0.717, 1.165) is 13.8 Å². The van der Waals surface area contributed by atoms with Crippen LogP contribution in [0.4, 0.5) is 26.3 Å². The van der Waals surface area contributed by atoms with Gasteiger partial charge in [-0.1, -0.05) is 97.1 Å². The van der Waals surface area contributed by atoms with Crippen molar-refractivity contribution in [2.75, 3.05) is 0 Å². The van der Waals surface area contributed by atoms with Crippen LogP contribution in [0.5, 0.6) is 0 Å². The Balaban J connectivity index is 1.84. The smallest absolute Gasteiger partial charge is 0.429 e. The van der Waals surface area contributed by atoms with Crippen molar-refractivity contribution >= 4 is 55.0 Å². The summed E-state index contributed by atoms with van der Waals surface area (Å²) in [4.78, 5) is 23.8. The molecule has 0 aliphatic rings. The molecule has 0 bridgehead atoms. The van der Waals surface area contributed by atoms with Crippen LogP contribution in [0.2, 0.25) is 0 Å². The molecule has 2 unspecified atom stereocenters. The van der Waals surface area contributed by atoms with Crippen LogP contribution >= 0.6 is 0 Å². The number of esters is 2. The number of ether oxygens (including phenoxy) is 2. The van der Waals surface area contributed by atoms with E-state index in [4.69, 9.17) is 9.47 Å². The third-order valence-electron chi connectivity index (χ3n) is 7.88. The van der Waals surface area contributed by atoms with Gasteiger partial charge >= 0.3 is 24.3 Å². The van der Waals surface area contributed by atoms with Crippen LogP contribution in [-0.2, 0) is 19.1 Å². The van der Waals surface area contributed by atoms with E-state index in [-0.39, 0.29) is 32.7 Å². The molecule has 6 aromatic rings. The maximum Gasteiger partial charge on any atom is 0.429 e. The highest BCUT2D eigenvalue weighted by Crippen LogP contribution is 2.51. The lowest BCUT2D eigenvalue weighted by Crippen LogP contribution is -2.26. The fraction of sp³-hybridized carbons (Fsp3) is 0.167. The number of alkyl halides is 6. The standard InChI is InChI=1S/C36H24F6O4/c1-19(43)45-33(35(37,38)39)31-25-15-7-3-11-21(25)29(22-12-4-8-16-26(22)31)30-23-13-5-9-17-27(23)32(28-18-10-6-14-24(28)30)34(36(40,41)42)46-20(2)44/h3-18,33-34H,1-2H3. The van der Waals surface area contributed by atoms with Crippen molar-refractivity contribution in [3.8, 4) is 11.1 Å². The van der Waals surface area contributed by atoms with Gasteiger partial charge in [0.05, 0.1) is 0 Å². The minimum Gasteiger partial charge on any atom is -0.448 e. The first-order valence-electron chi connectivity index (χ1n) is 14.1. The van der Waals surface area contributed by atoms with E-state index in [9.17, 15) is 35.9 Å². The van der Waals surface area contributed by atoms with Crippen molar-refractivity contribution in [1.29, 1.82) is 0 Å². The molecule has 0 N–H and O–H groups in total. The van der Waals surface area contributed by atoms with Gasteiger partial charge in [0.25, 0.3) is 0 Å². The van der Waals surface area contributed by atoms with Gasteiger partial charge in [0, 0.05) is 25.0 Å². The lowest BCUT2D eigenvalue weighted by Gasteiger charge is -2.27. The maximum atomic E-state index is 14.6. The molecule has 4 nitrogen and oxygen atoms in total. The zero-order valence-corrected chi connectivity index (χ0v) is 24.3. The van der Waals surface area contributed by atoms with E-state index in [1.54, 1.807) is 72.8 Å². The molecule has 0 aliphatic heterocycles. The minimum absolute atomic E-state index is 0.157. The highest BCUT2D eigenvalue weighted by atomic mass is 19.4. The number of hydrogen-bond donors (Lipinski definition) is 0. The first-order chi connectivity index (χ1) is 21.8. The molecule has 6 rings (SSSR count). The lowest BCUT2D eigenvalue weighted by molar-refractivity contribution is -0.222. The molecule has 0 radical (unpaired) electrons. The topological polar surface area (TPSA) is 52.6 Å². The largest absolute Gasteiger partial charge is 0.448 e. The predicted octanol–water partition coefficient (Wildman–Crippen LogP) is 10.3. The van der Waals surface area contributed by atoms with Gasteiger partial charge in [-0.3, -0.25) is 9.59 Å². The summed E-state index contributed by atoms with van der Waals surface area (Å²) in [5, 5.41) is 2.10. The zero-order chi connectivity index (χ0) is 33.0. The lowest BCUT2D eigenvalue weighted by atomic mass is 9.81. The van der Waals surface area contributed by atoms with Crippen molar-refractivity contribution in [1.82, 2.24) is 0 Å². The molecule has 0 saturated heterocycles. The Kier molecular flexibility index (Phi) is 7.62. The van der Waals surface area contributed by atoms with Gasteiger partial charge < -0.3 is 9.47 Å².